The van der Waals surface area contributed by atoms with Crippen molar-refractivity contribution in [3.8, 4) is 0 Å². The number of hydrogen-bond donors (Lipinski definition) is 2. The molecule has 1 atom stereocenters. The number of carbonyl (C=O) groups excluding carboxylic acids is 2. The van der Waals surface area contributed by atoms with E-state index >= 15 is 0 Å². The number of primary amides is 1. The maximum atomic E-state index is 11.6. The van der Waals surface area contributed by atoms with E-state index in [2.05, 4.69) is 5.32 Å². The summed E-state index contributed by atoms with van der Waals surface area (Å²) in [6.45, 7) is 4.31. The molecule has 0 saturated carbocycles. The lowest BCUT2D eigenvalue weighted by molar-refractivity contribution is 0.0333. The van der Waals surface area contributed by atoms with Gasteiger partial charge in [0.05, 0.1) is 2.74 Å². The highest BCUT2D eigenvalue weighted by atomic mass is 16.6. The third-order valence-corrected chi connectivity index (χ3v) is 2.13. The highest BCUT2D eigenvalue weighted by Gasteiger charge is 2.27. The lowest BCUT2D eigenvalue weighted by Gasteiger charge is -2.27. The number of nitrogens with one attached hydrogen (secondary N) is 1. The first-order valence-corrected chi connectivity index (χ1v) is 5.96. The van der Waals surface area contributed by atoms with Crippen LogP contribution >= 0.6 is 0 Å². The van der Waals surface area contributed by atoms with E-state index < -0.39 is 24.2 Å². The van der Waals surface area contributed by atoms with Crippen LogP contribution in [-0.2, 0) is 9.47 Å². The summed E-state index contributed by atoms with van der Waals surface area (Å²) in [7, 11) is 0. The Morgan fingerprint density at radius 1 is 1.44 bits per heavy atom. The van der Waals surface area contributed by atoms with Gasteiger partial charge in [0.15, 0.2) is 0 Å². The second-order valence-electron chi connectivity index (χ2n) is 4.71. The predicted octanol–water partition coefficient (Wildman–Crippen LogP) is 2.02. The molecule has 0 saturated heterocycles. The lowest BCUT2D eigenvalue weighted by atomic mass is 9.87. The number of alkyl carbamates (subject to hydrolysis) is 1. The Morgan fingerprint density at radius 3 is 2.50 bits per heavy atom. The molecule has 106 valence electrons. The summed E-state index contributed by atoms with van der Waals surface area (Å²) in [5, 5.41) is 2.44. The van der Waals surface area contributed by atoms with Gasteiger partial charge in [-0.25, -0.2) is 9.59 Å². The summed E-state index contributed by atoms with van der Waals surface area (Å²) in [6, 6.07) is -0.169. The zero-order valence-electron chi connectivity index (χ0n) is 13.4. The molecule has 0 aliphatic heterocycles. The molecule has 2 amide bonds. The Kier molecular flexibility index (Phi) is 5.62. The molecule has 0 fully saturated rings. The molecule has 0 bridgehead atoms. The van der Waals surface area contributed by atoms with Gasteiger partial charge < -0.3 is 20.5 Å². The molecule has 0 aliphatic rings. The third kappa shape index (κ3) is 7.76. The van der Waals surface area contributed by atoms with Crippen LogP contribution in [0.3, 0.4) is 0 Å². The van der Waals surface area contributed by atoms with Crippen LogP contribution in [0.5, 0.6) is 0 Å². The zero-order valence-corrected chi connectivity index (χ0v) is 11.4. The van der Waals surface area contributed by atoms with Crippen LogP contribution in [0.1, 0.15) is 43.3 Å². The molecule has 3 N–H and O–H groups in total. The largest absolute Gasteiger partial charge is 0.449 e. The summed E-state index contributed by atoms with van der Waals surface area (Å²) in [4.78, 5) is 22.3. The first-order chi connectivity index (χ1) is 9.04. The van der Waals surface area contributed by atoms with Crippen molar-refractivity contribution in [1.29, 1.82) is 0 Å². The molecule has 0 heterocycles. The van der Waals surface area contributed by atoms with Crippen LogP contribution in [-0.4, -0.2) is 31.4 Å². The van der Waals surface area contributed by atoms with Gasteiger partial charge >= 0.3 is 12.2 Å². The quantitative estimate of drug-likeness (QED) is 0.734. The van der Waals surface area contributed by atoms with Gasteiger partial charge in [0, 0.05) is 11.5 Å². The second kappa shape index (κ2) is 7.79. The number of rotatable bonds is 7. The van der Waals surface area contributed by atoms with Gasteiger partial charge in [-0.05, 0) is 20.3 Å². The lowest BCUT2D eigenvalue weighted by Crippen LogP contribution is -2.37. The smallest absolute Gasteiger partial charge is 0.407 e. The van der Waals surface area contributed by atoms with E-state index in [9.17, 15) is 9.59 Å². The summed E-state index contributed by atoms with van der Waals surface area (Å²) in [6.07, 6.45) is -0.851. The molecule has 18 heavy (non-hydrogen) atoms. The van der Waals surface area contributed by atoms with E-state index in [1.807, 2.05) is 6.92 Å². The predicted molar refractivity (Wildman–Crippen MR) is 68.2 cm³/mol. The molecular formula is C12H24N2O4. The summed E-state index contributed by atoms with van der Waals surface area (Å²) in [5.74, 6) is 0. The molecule has 6 nitrogen and oxygen atoms in total. The van der Waals surface area contributed by atoms with Crippen LogP contribution in [0.4, 0.5) is 9.59 Å². The standard InChI is InChI=1S/C12H24N2O4/c1-5-6-12(4,7-17-10(13)15)8-18-11(16)14-9(2)3/h9H,5-8H2,1-4H3,(H2,13,15)(H,14,16)/i8D2. The molecule has 0 aromatic carbocycles. The number of nitrogens with two attached hydrogens (primary N) is 1. The molecule has 0 radical (unpaired) electrons. The zero-order chi connectivity index (χ0) is 16.0. The topological polar surface area (TPSA) is 90.7 Å². The Morgan fingerprint density at radius 2 is 2.06 bits per heavy atom. The summed E-state index contributed by atoms with van der Waals surface area (Å²) >= 11 is 0. The average molecular weight is 262 g/mol. The van der Waals surface area contributed by atoms with Gasteiger partial charge in [0.2, 0.25) is 0 Å². The Bertz CT molecular complexity index is 350. The fourth-order valence-electron chi connectivity index (χ4n) is 1.37. The van der Waals surface area contributed by atoms with Gasteiger partial charge in [0.1, 0.15) is 13.2 Å². The average Bonchev–Trinajstić information content (AvgIpc) is 2.24. The first-order valence-electron chi connectivity index (χ1n) is 6.96. The van der Waals surface area contributed by atoms with Crippen molar-refractivity contribution >= 4 is 12.2 Å². The van der Waals surface area contributed by atoms with Crippen molar-refractivity contribution in [3.05, 3.63) is 0 Å². The van der Waals surface area contributed by atoms with Crippen LogP contribution in [0, 0.1) is 5.41 Å². The molecule has 0 spiro atoms. The summed E-state index contributed by atoms with van der Waals surface area (Å²) in [5.41, 5.74) is 3.73. The minimum Gasteiger partial charge on any atom is -0.449 e. The highest BCUT2D eigenvalue weighted by molar-refractivity contribution is 5.67. The van der Waals surface area contributed by atoms with Gasteiger partial charge in [-0.2, -0.15) is 0 Å². The van der Waals surface area contributed by atoms with Crippen molar-refractivity contribution in [1.82, 2.24) is 5.32 Å². The minimum atomic E-state index is -2.29. The Labute approximate surface area is 111 Å². The highest BCUT2D eigenvalue weighted by Crippen LogP contribution is 2.24. The minimum absolute atomic E-state index is 0.169. The maximum absolute atomic E-state index is 11.6. The summed E-state index contributed by atoms with van der Waals surface area (Å²) < 4.78 is 25.5. The second-order valence-corrected chi connectivity index (χ2v) is 4.71. The fourth-order valence-corrected chi connectivity index (χ4v) is 1.37. The van der Waals surface area contributed by atoms with E-state index in [4.69, 9.17) is 17.9 Å². The van der Waals surface area contributed by atoms with Crippen LogP contribution < -0.4 is 11.1 Å². The van der Waals surface area contributed by atoms with Crippen molar-refractivity contribution in [2.45, 2.75) is 46.6 Å². The van der Waals surface area contributed by atoms with Gasteiger partial charge in [-0.3, -0.25) is 0 Å². The van der Waals surface area contributed by atoms with Crippen LogP contribution in [0.2, 0.25) is 0 Å². The third-order valence-electron chi connectivity index (χ3n) is 2.13. The molecule has 0 rings (SSSR count). The molecule has 6 heteroatoms. The van der Waals surface area contributed by atoms with Crippen molar-refractivity contribution in [3.63, 3.8) is 0 Å². The number of ether oxygens (including phenoxy) is 2. The van der Waals surface area contributed by atoms with E-state index in [0.29, 0.717) is 12.8 Å². The number of amides is 2. The maximum Gasteiger partial charge on any atom is 0.407 e. The van der Waals surface area contributed by atoms with Crippen molar-refractivity contribution in [2.24, 2.45) is 11.1 Å². The fraction of sp³-hybridized carbons (Fsp3) is 0.833. The van der Waals surface area contributed by atoms with Gasteiger partial charge in [-0.1, -0.05) is 20.3 Å². The van der Waals surface area contributed by atoms with Crippen LogP contribution in [0.15, 0.2) is 0 Å². The molecular weight excluding hydrogens is 236 g/mol. The number of carbonyl (C=O) groups is 2. The van der Waals surface area contributed by atoms with E-state index in [1.165, 1.54) is 0 Å². The van der Waals surface area contributed by atoms with E-state index in [-0.39, 0.29) is 12.6 Å². The first kappa shape index (κ1) is 13.0. The van der Waals surface area contributed by atoms with Crippen molar-refractivity contribution < 1.29 is 21.8 Å². The number of hydrogen-bond acceptors (Lipinski definition) is 4. The van der Waals surface area contributed by atoms with Gasteiger partial charge in [0.25, 0.3) is 0 Å². The van der Waals surface area contributed by atoms with E-state index in [1.54, 1.807) is 20.8 Å². The monoisotopic (exact) mass is 262 g/mol. The molecule has 0 aromatic heterocycles. The molecule has 0 aromatic rings. The van der Waals surface area contributed by atoms with Crippen molar-refractivity contribution in [2.75, 3.05) is 13.2 Å². The Balaban J connectivity index is 4.93. The van der Waals surface area contributed by atoms with E-state index in [0.717, 1.165) is 0 Å². The molecule has 1 unspecified atom stereocenters. The van der Waals surface area contributed by atoms with Gasteiger partial charge in [-0.15, -0.1) is 0 Å². The van der Waals surface area contributed by atoms with Crippen LogP contribution in [0.25, 0.3) is 0 Å². The SMILES string of the molecule is [2H]C([2H])(OC(=O)NC(C)C)C(C)(CCC)COC(N)=O. The molecule has 0 aliphatic carbocycles. The Hall–Kier alpha value is -1.46. The normalized spacial score (nSPS) is 16.3.